The molecule has 0 saturated carbocycles. The molecule has 0 aliphatic carbocycles. The fraction of sp³-hybridized carbons (Fsp3) is 0.0952. The molecule has 5 rings (SSSR count). The van der Waals surface area contributed by atoms with Crippen molar-refractivity contribution in [2.75, 3.05) is 6.61 Å². The van der Waals surface area contributed by atoms with Crippen LogP contribution < -0.4 is 4.74 Å². The SMILES string of the molecule is CCOc1ccc2cc(-c3n[nH]c4ccc(-c5ncn[nH]5)cc34)ccc2c1. The maximum atomic E-state index is 5.59. The van der Waals surface area contributed by atoms with Gasteiger partial charge in [-0.2, -0.15) is 10.2 Å². The Morgan fingerprint density at radius 2 is 1.74 bits per heavy atom. The molecule has 2 aromatic heterocycles. The molecule has 132 valence electrons. The molecule has 6 heteroatoms. The van der Waals surface area contributed by atoms with E-state index in [9.17, 15) is 0 Å². The third-order valence-electron chi connectivity index (χ3n) is 4.65. The summed E-state index contributed by atoms with van der Waals surface area (Å²) < 4.78 is 5.59. The number of hydrogen-bond donors (Lipinski definition) is 2. The lowest BCUT2D eigenvalue weighted by Crippen LogP contribution is -1.90. The zero-order valence-corrected chi connectivity index (χ0v) is 14.7. The molecule has 27 heavy (non-hydrogen) atoms. The second-order valence-electron chi connectivity index (χ2n) is 6.32. The molecule has 2 heterocycles. The van der Waals surface area contributed by atoms with E-state index in [0.717, 1.165) is 50.1 Å². The lowest BCUT2D eigenvalue weighted by molar-refractivity contribution is 0.341. The summed E-state index contributed by atoms with van der Waals surface area (Å²) in [5.74, 6) is 1.63. The first kappa shape index (κ1) is 15.6. The second-order valence-corrected chi connectivity index (χ2v) is 6.32. The van der Waals surface area contributed by atoms with Gasteiger partial charge >= 0.3 is 0 Å². The zero-order valence-electron chi connectivity index (χ0n) is 14.7. The van der Waals surface area contributed by atoms with Gasteiger partial charge in [-0.1, -0.05) is 18.2 Å². The Balaban J connectivity index is 1.62. The van der Waals surface area contributed by atoms with Crippen molar-refractivity contribution >= 4 is 21.7 Å². The summed E-state index contributed by atoms with van der Waals surface area (Å²) in [4.78, 5) is 4.24. The molecule has 0 saturated heterocycles. The summed E-state index contributed by atoms with van der Waals surface area (Å²) in [6, 6.07) is 18.6. The number of hydrogen-bond acceptors (Lipinski definition) is 4. The van der Waals surface area contributed by atoms with Gasteiger partial charge in [-0.25, -0.2) is 4.98 Å². The lowest BCUT2D eigenvalue weighted by atomic mass is 10.0. The Morgan fingerprint density at radius 3 is 2.59 bits per heavy atom. The number of aromatic amines is 2. The van der Waals surface area contributed by atoms with Gasteiger partial charge in [-0.05, 0) is 54.1 Å². The molecule has 0 aliphatic heterocycles. The fourth-order valence-corrected chi connectivity index (χ4v) is 3.35. The third kappa shape index (κ3) is 2.71. The number of fused-ring (bicyclic) bond motifs is 2. The Kier molecular flexibility index (Phi) is 3.60. The minimum absolute atomic E-state index is 0.663. The first-order valence-corrected chi connectivity index (χ1v) is 8.82. The molecular weight excluding hydrogens is 338 g/mol. The van der Waals surface area contributed by atoms with Gasteiger partial charge in [0, 0.05) is 16.5 Å². The van der Waals surface area contributed by atoms with E-state index < -0.39 is 0 Å². The van der Waals surface area contributed by atoms with Crippen molar-refractivity contribution in [2.45, 2.75) is 6.92 Å². The first-order valence-electron chi connectivity index (χ1n) is 8.82. The number of H-pyrrole nitrogens is 2. The van der Waals surface area contributed by atoms with Crippen LogP contribution >= 0.6 is 0 Å². The summed E-state index contributed by atoms with van der Waals surface area (Å²) in [6.45, 7) is 2.65. The highest BCUT2D eigenvalue weighted by molar-refractivity contribution is 5.97. The van der Waals surface area contributed by atoms with Gasteiger partial charge in [0.25, 0.3) is 0 Å². The summed E-state index contributed by atoms with van der Waals surface area (Å²) in [7, 11) is 0. The Morgan fingerprint density at radius 1 is 0.889 bits per heavy atom. The average Bonchev–Trinajstić information content (AvgIpc) is 3.37. The molecule has 3 aromatic carbocycles. The Hall–Kier alpha value is -3.67. The molecule has 0 amide bonds. The summed E-state index contributed by atoms with van der Waals surface area (Å²) in [5, 5.41) is 17.8. The molecule has 5 aromatic rings. The van der Waals surface area contributed by atoms with Crippen molar-refractivity contribution in [3.8, 4) is 28.4 Å². The van der Waals surface area contributed by atoms with Crippen LogP contribution in [0.25, 0.3) is 44.3 Å². The van der Waals surface area contributed by atoms with E-state index >= 15 is 0 Å². The first-order chi connectivity index (χ1) is 13.3. The summed E-state index contributed by atoms with van der Waals surface area (Å²) >= 11 is 0. The fourth-order valence-electron chi connectivity index (χ4n) is 3.35. The number of nitrogens with one attached hydrogen (secondary N) is 2. The highest BCUT2D eigenvalue weighted by Crippen LogP contribution is 2.32. The molecule has 0 aliphatic rings. The predicted molar refractivity (Wildman–Crippen MR) is 106 cm³/mol. The van der Waals surface area contributed by atoms with Crippen LogP contribution in [0.15, 0.2) is 60.9 Å². The van der Waals surface area contributed by atoms with E-state index in [0.29, 0.717) is 6.61 Å². The average molecular weight is 355 g/mol. The van der Waals surface area contributed by atoms with E-state index in [1.165, 1.54) is 6.33 Å². The molecule has 0 atom stereocenters. The van der Waals surface area contributed by atoms with E-state index in [1.807, 2.05) is 25.1 Å². The monoisotopic (exact) mass is 355 g/mol. The molecular formula is C21H17N5O. The van der Waals surface area contributed by atoms with Crippen molar-refractivity contribution in [3.63, 3.8) is 0 Å². The van der Waals surface area contributed by atoms with E-state index in [4.69, 9.17) is 4.74 Å². The van der Waals surface area contributed by atoms with Crippen LogP contribution in [-0.4, -0.2) is 32.0 Å². The normalized spacial score (nSPS) is 11.3. The number of benzene rings is 3. The highest BCUT2D eigenvalue weighted by atomic mass is 16.5. The van der Waals surface area contributed by atoms with Crippen molar-refractivity contribution in [1.29, 1.82) is 0 Å². The molecule has 0 fully saturated rings. The van der Waals surface area contributed by atoms with Gasteiger partial charge in [-0.3, -0.25) is 10.2 Å². The molecule has 0 radical (unpaired) electrons. The molecule has 2 N–H and O–H groups in total. The number of nitrogens with zero attached hydrogens (tertiary/aromatic N) is 3. The zero-order chi connectivity index (χ0) is 18.2. The van der Waals surface area contributed by atoms with Gasteiger partial charge in [0.15, 0.2) is 5.82 Å². The number of rotatable bonds is 4. The second kappa shape index (κ2) is 6.25. The minimum Gasteiger partial charge on any atom is -0.494 e. The van der Waals surface area contributed by atoms with Crippen LogP contribution in [0.2, 0.25) is 0 Å². The number of ether oxygens (including phenoxy) is 1. The van der Waals surface area contributed by atoms with Crippen LogP contribution in [0, 0.1) is 0 Å². The summed E-state index contributed by atoms with van der Waals surface area (Å²) in [6.07, 6.45) is 1.51. The molecule has 0 unspecified atom stereocenters. The Bertz CT molecular complexity index is 1240. The van der Waals surface area contributed by atoms with E-state index in [-0.39, 0.29) is 0 Å². The third-order valence-corrected chi connectivity index (χ3v) is 4.65. The van der Waals surface area contributed by atoms with Gasteiger partial charge in [0.05, 0.1) is 17.8 Å². The van der Waals surface area contributed by atoms with Crippen LogP contribution in [0.3, 0.4) is 0 Å². The highest BCUT2D eigenvalue weighted by Gasteiger charge is 2.11. The number of aromatic nitrogens is 5. The Labute approximate surface area is 155 Å². The summed E-state index contributed by atoms with van der Waals surface area (Å²) in [5.41, 5.74) is 3.94. The topological polar surface area (TPSA) is 79.5 Å². The van der Waals surface area contributed by atoms with Crippen LogP contribution in [0.5, 0.6) is 5.75 Å². The molecule has 0 spiro atoms. The van der Waals surface area contributed by atoms with Gasteiger partial charge in [0.2, 0.25) is 0 Å². The van der Waals surface area contributed by atoms with Crippen LogP contribution in [-0.2, 0) is 0 Å². The van der Waals surface area contributed by atoms with Crippen molar-refractivity contribution in [2.24, 2.45) is 0 Å². The molecule has 6 nitrogen and oxygen atoms in total. The standard InChI is InChI=1S/C21H17N5O/c1-2-27-17-7-5-13-9-15(4-3-14(13)10-17)20-18-11-16(21-22-12-23-26-21)6-8-19(18)24-25-20/h3-12H,2H2,1H3,(H,24,25)(H,22,23,26). The quantitative estimate of drug-likeness (QED) is 0.495. The van der Waals surface area contributed by atoms with Crippen LogP contribution in [0.4, 0.5) is 0 Å². The maximum Gasteiger partial charge on any atom is 0.155 e. The molecule has 0 bridgehead atoms. The van der Waals surface area contributed by atoms with Gasteiger partial charge < -0.3 is 4.74 Å². The van der Waals surface area contributed by atoms with Gasteiger partial charge in [0.1, 0.15) is 12.1 Å². The largest absolute Gasteiger partial charge is 0.494 e. The minimum atomic E-state index is 0.663. The van der Waals surface area contributed by atoms with E-state index in [1.54, 1.807) is 0 Å². The smallest absolute Gasteiger partial charge is 0.155 e. The predicted octanol–water partition coefficient (Wildman–Crippen LogP) is 4.57. The van der Waals surface area contributed by atoms with Crippen LogP contribution in [0.1, 0.15) is 6.92 Å². The van der Waals surface area contributed by atoms with Crippen molar-refractivity contribution < 1.29 is 4.74 Å². The van der Waals surface area contributed by atoms with Crippen molar-refractivity contribution in [1.82, 2.24) is 25.4 Å². The van der Waals surface area contributed by atoms with Gasteiger partial charge in [-0.15, -0.1) is 0 Å². The maximum absolute atomic E-state index is 5.59. The van der Waals surface area contributed by atoms with E-state index in [2.05, 4.69) is 61.8 Å². The lowest BCUT2D eigenvalue weighted by Gasteiger charge is -2.06. The van der Waals surface area contributed by atoms with Crippen molar-refractivity contribution in [3.05, 3.63) is 60.9 Å².